The molecule has 4 nitrogen and oxygen atoms in total. The van der Waals surface area contributed by atoms with Crippen molar-refractivity contribution in [3.05, 3.63) is 52.7 Å². The standard InChI is InChI=1S/C20H23N3OS/c1-13-10-14(2)22-19(17(13)11-21)25-12-18(24)23-16-8-6-15(7-9-16)20(3,4)5/h6-10H,12H2,1-5H3,(H,23,24). The maximum atomic E-state index is 12.2. The minimum Gasteiger partial charge on any atom is -0.325 e. The topological polar surface area (TPSA) is 65.8 Å². The van der Waals surface area contributed by atoms with Crippen LogP contribution < -0.4 is 5.32 Å². The fourth-order valence-corrected chi connectivity index (χ4v) is 3.33. The SMILES string of the molecule is Cc1cc(C)c(C#N)c(SCC(=O)Nc2ccc(C(C)(C)C)cc2)n1. The van der Waals surface area contributed by atoms with Crippen molar-refractivity contribution in [2.45, 2.75) is 45.1 Å². The molecule has 130 valence electrons. The molecule has 0 fully saturated rings. The Morgan fingerprint density at radius 1 is 1.24 bits per heavy atom. The zero-order chi connectivity index (χ0) is 18.6. The third-order valence-electron chi connectivity index (χ3n) is 3.80. The predicted octanol–water partition coefficient (Wildman–Crippen LogP) is 4.60. The summed E-state index contributed by atoms with van der Waals surface area (Å²) in [6, 6.07) is 11.9. The second-order valence-corrected chi connectivity index (χ2v) is 8.00. The second-order valence-electron chi connectivity index (χ2n) is 7.04. The molecule has 2 aromatic rings. The van der Waals surface area contributed by atoms with Crippen molar-refractivity contribution in [1.29, 1.82) is 5.26 Å². The smallest absolute Gasteiger partial charge is 0.234 e. The van der Waals surface area contributed by atoms with Crippen LogP contribution >= 0.6 is 11.8 Å². The Hall–Kier alpha value is -2.32. The number of aromatic nitrogens is 1. The van der Waals surface area contributed by atoms with E-state index in [2.05, 4.69) is 37.1 Å². The summed E-state index contributed by atoms with van der Waals surface area (Å²) in [6.45, 7) is 10.2. The first-order valence-electron chi connectivity index (χ1n) is 8.12. The van der Waals surface area contributed by atoms with E-state index >= 15 is 0 Å². The van der Waals surface area contributed by atoms with E-state index in [9.17, 15) is 10.1 Å². The summed E-state index contributed by atoms with van der Waals surface area (Å²) in [5, 5.41) is 12.8. The van der Waals surface area contributed by atoms with Crippen LogP contribution in [0.15, 0.2) is 35.4 Å². The number of nitrogens with one attached hydrogen (secondary N) is 1. The van der Waals surface area contributed by atoms with Crippen molar-refractivity contribution in [3.63, 3.8) is 0 Å². The largest absolute Gasteiger partial charge is 0.325 e. The van der Waals surface area contributed by atoms with Gasteiger partial charge in [0.25, 0.3) is 0 Å². The molecule has 5 heteroatoms. The molecule has 0 aliphatic heterocycles. The van der Waals surface area contributed by atoms with Crippen molar-refractivity contribution in [2.24, 2.45) is 0 Å². The fraction of sp³-hybridized carbons (Fsp3) is 0.350. The van der Waals surface area contributed by atoms with Gasteiger partial charge in [0.15, 0.2) is 0 Å². The Bertz CT molecular complexity index is 815. The fourth-order valence-electron chi connectivity index (χ4n) is 2.43. The van der Waals surface area contributed by atoms with Crippen molar-refractivity contribution in [2.75, 3.05) is 11.1 Å². The van der Waals surface area contributed by atoms with Gasteiger partial charge in [-0.3, -0.25) is 4.79 Å². The molecule has 0 spiro atoms. The van der Waals surface area contributed by atoms with Gasteiger partial charge in [0.05, 0.1) is 11.3 Å². The van der Waals surface area contributed by atoms with Crippen LogP contribution in [0.4, 0.5) is 5.69 Å². The van der Waals surface area contributed by atoms with Crippen LogP contribution in [0, 0.1) is 25.2 Å². The molecule has 2 rings (SSSR count). The molecule has 1 aromatic heterocycles. The van der Waals surface area contributed by atoms with Gasteiger partial charge in [-0.05, 0) is 48.6 Å². The maximum Gasteiger partial charge on any atom is 0.234 e. The van der Waals surface area contributed by atoms with Crippen LogP contribution in [0.5, 0.6) is 0 Å². The molecule has 25 heavy (non-hydrogen) atoms. The highest BCUT2D eigenvalue weighted by Gasteiger charge is 2.14. The Morgan fingerprint density at radius 3 is 2.44 bits per heavy atom. The zero-order valence-corrected chi connectivity index (χ0v) is 16.1. The lowest BCUT2D eigenvalue weighted by Crippen LogP contribution is -2.15. The number of aryl methyl sites for hydroxylation is 2. The third-order valence-corrected chi connectivity index (χ3v) is 4.77. The number of rotatable bonds is 4. The molecule has 0 saturated heterocycles. The summed E-state index contributed by atoms with van der Waals surface area (Å²) in [5.74, 6) is 0.101. The van der Waals surface area contributed by atoms with Gasteiger partial charge in [-0.2, -0.15) is 5.26 Å². The summed E-state index contributed by atoms with van der Waals surface area (Å²) >= 11 is 1.29. The first-order valence-corrected chi connectivity index (χ1v) is 9.11. The Labute approximate surface area is 153 Å². The van der Waals surface area contributed by atoms with Crippen molar-refractivity contribution >= 4 is 23.4 Å². The van der Waals surface area contributed by atoms with E-state index < -0.39 is 0 Å². The third kappa shape index (κ3) is 5.07. The number of nitrogens with zero attached hydrogens (tertiary/aromatic N) is 2. The normalized spacial score (nSPS) is 11.0. The highest BCUT2D eigenvalue weighted by molar-refractivity contribution is 8.00. The van der Waals surface area contributed by atoms with Gasteiger partial charge in [-0.25, -0.2) is 4.98 Å². The minimum atomic E-state index is -0.113. The molecular weight excluding hydrogens is 330 g/mol. The van der Waals surface area contributed by atoms with Crippen molar-refractivity contribution < 1.29 is 4.79 Å². The van der Waals surface area contributed by atoms with E-state index in [1.54, 1.807) is 0 Å². The maximum absolute atomic E-state index is 12.2. The van der Waals surface area contributed by atoms with Crippen LogP contribution in [0.2, 0.25) is 0 Å². The van der Waals surface area contributed by atoms with Gasteiger partial charge in [-0.15, -0.1) is 0 Å². The predicted molar refractivity (Wildman–Crippen MR) is 103 cm³/mol. The van der Waals surface area contributed by atoms with E-state index in [0.29, 0.717) is 10.6 Å². The van der Waals surface area contributed by atoms with Crippen molar-refractivity contribution in [3.8, 4) is 6.07 Å². The molecule has 1 N–H and O–H groups in total. The molecule has 1 amide bonds. The highest BCUT2D eigenvalue weighted by Crippen LogP contribution is 2.25. The highest BCUT2D eigenvalue weighted by atomic mass is 32.2. The lowest BCUT2D eigenvalue weighted by atomic mass is 9.87. The minimum absolute atomic E-state index is 0.0841. The first kappa shape index (κ1) is 19.0. The summed E-state index contributed by atoms with van der Waals surface area (Å²) < 4.78 is 0. The lowest BCUT2D eigenvalue weighted by molar-refractivity contribution is -0.113. The summed E-state index contributed by atoms with van der Waals surface area (Å²) in [5.41, 5.74) is 4.34. The molecule has 0 saturated carbocycles. The Kier molecular flexibility index (Phi) is 5.86. The number of carbonyl (C=O) groups is 1. The molecule has 0 radical (unpaired) electrons. The number of pyridine rings is 1. The van der Waals surface area contributed by atoms with E-state index in [1.165, 1.54) is 17.3 Å². The van der Waals surface area contributed by atoms with Crippen LogP contribution in [0.3, 0.4) is 0 Å². The van der Waals surface area contributed by atoms with Gasteiger partial charge in [0.2, 0.25) is 5.91 Å². The summed E-state index contributed by atoms with van der Waals surface area (Å²) in [7, 11) is 0. The Balaban J connectivity index is 2.01. The number of anilines is 1. The molecule has 0 aliphatic rings. The molecule has 1 heterocycles. The average Bonchev–Trinajstić information content (AvgIpc) is 2.52. The van der Waals surface area contributed by atoms with Gasteiger partial charge in [0, 0.05) is 11.4 Å². The number of hydrogen-bond acceptors (Lipinski definition) is 4. The van der Waals surface area contributed by atoms with E-state index in [4.69, 9.17) is 0 Å². The van der Waals surface area contributed by atoms with E-state index in [0.717, 1.165) is 16.9 Å². The Morgan fingerprint density at radius 2 is 1.88 bits per heavy atom. The number of carbonyl (C=O) groups excluding carboxylic acids is 1. The molecule has 0 unspecified atom stereocenters. The van der Waals surface area contributed by atoms with E-state index in [1.807, 2.05) is 44.2 Å². The average molecular weight is 353 g/mol. The lowest BCUT2D eigenvalue weighted by Gasteiger charge is -2.19. The van der Waals surface area contributed by atoms with Gasteiger partial charge >= 0.3 is 0 Å². The number of nitriles is 1. The molecule has 0 aliphatic carbocycles. The molecule has 0 atom stereocenters. The van der Waals surface area contributed by atoms with Crippen molar-refractivity contribution in [1.82, 2.24) is 4.98 Å². The van der Waals surface area contributed by atoms with Gasteiger partial charge in [-0.1, -0.05) is 44.7 Å². The van der Waals surface area contributed by atoms with Crippen LogP contribution in [-0.4, -0.2) is 16.6 Å². The van der Waals surface area contributed by atoms with E-state index in [-0.39, 0.29) is 17.1 Å². The van der Waals surface area contributed by atoms with Crippen LogP contribution in [0.1, 0.15) is 43.2 Å². The molecular formula is C20H23N3OS. The monoisotopic (exact) mass is 353 g/mol. The van der Waals surface area contributed by atoms with Gasteiger partial charge < -0.3 is 5.32 Å². The molecule has 1 aromatic carbocycles. The number of amides is 1. The number of thioether (sulfide) groups is 1. The molecule has 0 bridgehead atoms. The number of benzene rings is 1. The zero-order valence-electron chi connectivity index (χ0n) is 15.3. The second kappa shape index (κ2) is 7.71. The quantitative estimate of drug-likeness (QED) is 0.816. The van der Waals surface area contributed by atoms with Crippen LogP contribution in [0.25, 0.3) is 0 Å². The summed E-state index contributed by atoms with van der Waals surface area (Å²) in [6.07, 6.45) is 0. The number of hydrogen-bond donors (Lipinski definition) is 1. The van der Waals surface area contributed by atoms with Gasteiger partial charge in [0.1, 0.15) is 11.1 Å². The first-order chi connectivity index (χ1) is 11.7. The summed E-state index contributed by atoms with van der Waals surface area (Å²) in [4.78, 5) is 16.6. The van der Waals surface area contributed by atoms with Crippen LogP contribution in [-0.2, 0) is 10.2 Å².